The quantitative estimate of drug-likeness (QED) is 0.780. The molecule has 2 aromatic heterocycles. The Morgan fingerprint density at radius 2 is 1.88 bits per heavy atom. The molecule has 1 aliphatic rings. The molecule has 1 N–H and O–H groups in total. The second kappa shape index (κ2) is 7.01. The molecule has 5 nitrogen and oxygen atoms in total. The largest absolute Gasteiger partial charge is 0.460 e. The van der Waals surface area contributed by atoms with Gasteiger partial charge >= 0.3 is 0 Å². The number of hydrogen-bond donors (Lipinski definition) is 1. The minimum Gasteiger partial charge on any atom is -0.460 e. The minimum atomic E-state index is 0.690. The molecule has 124 valence electrons. The van der Waals surface area contributed by atoms with E-state index in [2.05, 4.69) is 32.2 Å². The summed E-state index contributed by atoms with van der Waals surface area (Å²) in [6.07, 6.45) is 4.77. The molecule has 24 heavy (non-hydrogen) atoms. The molecule has 0 atom stereocenters. The van der Waals surface area contributed by atoms with Crippen LogP contribution in [0.15, 0.2) is 46.9 Å². The molecule has 1 aromatic carbocycles. The Morgan fingerprint density at radius 1 is 0.958 bits per heavy atom. The summed E-state index contributed by atoms with van der Waals surface area (Å²) in [5, 5.41) is 12.1. The molecule has 0 unspecified atom stereocenters. The van der Waals surface area contributed by atoms with E-state index in [1.807, 2.05) is 30.3 Å². The van der Waals surface area contributed by atoms with Gasteiger partial charge in [0.15, 0.2) is 0 Å². The molecule has 5 heteroatoms. The summed E-state index contributed by atoms with van der Waals surface area (Å²) in [6.45, 7) is 2.45. The topological polar surface area (TPSA) is 55.9 Å². The Kier molecular flexibility index (Phi) is 4.42. The van der Waals surface area contributed by atoms with E-state index in [0.29, 0.717) is 13.1 Å². The van der Waals surface area contributed by atoms with Crippen LogP contribution in [0.25, 0.3) is 11.3 Å². The predicted molar refractivity (Wildman–Crippen MR) is 92.3 cm³/mol. The fourth-order valence-electron chi connectivity index (χ4n) is 3.20. The summed E-state index contributed by atoms with van der Waals surface area (Å²) in [5.41, 5.74) is 1.10. The molecule has 3 heterocycles. The van der Waals surface area contributed by atoms with Gasteiger partial charge in [-0.2, -0.15) is 0 Å². The smallest absolute Gasteiger partial charge is 0.147 e. The normalized spacial score (nSPS) is 14.3. The molecule has 0 aliphatic carbocycles. The molecular formula is C19H22N4O. The number of nitrogens with zero attached hydrogens (tertiary/aromatic N) is 3. The van der Waals surface area contributed by atoms with Crippen LogP contribution < -0.4 is 5.32 Å². The monoisotopic (exact) mass is 322 g/mol. The van der Waals surface area contributed by atoms with Crippen molar-refractivity contribution in [3.63, 3.8) is 0 Å². The van der Waals surface area contributed by atoms with Crippen LogP contribution in [-0.4, -0.2) is 14.8 Å². The van der Waals surface area contributed by atoms with Crippen molar-refractivity contribution in [1.82, 2.24) is 20.1 Å². The van der Waals surface area contributed by atoms with Crippen LogP contribution >= 0.6 is 0 Å². The lowest BCUT2D eigenvalue weighted by molar-refractivity contribution is 0.484. The number of benzene rings is 1. The second-order valence-electron chi connectivity index (χ2n) is 6.23. The fraction of sp³-hybridized carbons (Fsp3) is 0.368. The highest BCUT2D eigenvalue weighted by Crippen LogP contribution is 2.21. The summed E-state index contributed by atoms with van der Waals surface area (Å²) >= 11 is 0. The highest BCUT2D eigenvalue weighted by Gasteiger charge is 2.14. The molecular weight excluding hydrogens is 300 g/mol. The molecule has 0 spiro atoms. The van der Waals surface area contributed by atoms with E-state index in [0.717, 1.165) is 41.7 Å². The number of aromatic nitrogens is 3. The van der Waals surface area contributed by atoms with E-state index in [4.69, 9.17) is 4.42 Å². The lowest BCUT2D eigenvalue weighted by atomic mass is 10.2. The minimum absolute atomic E-state index is 0.690. The standard InChI is InChI=1S/C19H22N4O/c1-3-7-15(8-4-1)17-11-10-16(24-17)13-20-14-19-22-21-18-9-5-2-6-12-23(18)19/h1,3-4,7-8,10-11,20H,2,5-6,9,12-14H2. The van der Waals surface area contributed by atoms with Crippen molar-refractivity contribution in [3.05, 3.63) is 59.9 Å². The zero-order chi connectivity index (χ0) is 16.2. The third-order valence-electron chi connectivity index (χ3n) is 4.49. The van der Waals surface area contributed by atoms with Crippen molar-refractivity contribution < 1.29 is 4.42 Å². The SMILES string of the molecule is c1ccc(-c2ccc(CNCc3nnc4n3CCCCC4)o2)cc1. The van der Waals surface area contributed by atoms with Gasteiger partial charge in [-0.1, -0.05) is 36.8 Å². The zero-order valence-electron chi connectivity index (χ0n) is 13.7. The fourth-order valence-corrected chi connectivity index (χ4v) is 3.20. The highest BCUT2D eigenvalue weighted by atomic mass is 16.3. The number of furan rings is 1. The summed E-state index contributed by atoms with van der Waals surface area (Å²) in [7, 11) is 0. The van der Waals surface area contributed by atoms with Gasteiger partial charge in [0.2, 0.25) is 0 Å². The zero-order valence-corrected chi connectivity index (χ0v) is 13.7. The van der Waals surface area contributed by atoms with E-state index in [1.165, 1.54) is 19.3 Å². The lowest BCUT2D eigenvalue weighted by Crippen LogP contribution is -2.17. The van der Waals surface area contributed by atoms with Gasteiger partial charge in [-0.25, -0.2) is 0 Å². The molecule has 3 aromatic rings. The lowest BCUT2D eigenvalue weighted by Gasteiger charge is -2.07. The Hall–Kier alpha value is -2.40. The first-order valence-electron chi connectivity index (χ1n) is 8.66. The van der Waals surface area contributed by atoms with E-state index < -0.39 is 0 Å². The first kappa shape index (κ1) is 15.1. The molecule has 0 saturated carbocycles. The number of hydrogen-bond acceptors (Lipinski definition) is 4. The van der Waals surface area contributed by atoms with Crippen molar-refractivity contribution in [2.75, 3.05) is 0 Å². The average molecular weight is 322 g/mol. The number of fused-ring (bicyclic) bond motifs is 1. The van der Waals surface area contributed by atoms with Gasteiger partial charge in [-0.15, -0.1) is 10.2 Å². The number of rotatable bonds is 5. The van der Waals surface area contributed by atoms with Crippen molar-refractivity contribution in [1.29, 1.82) is 0 Å². The first-order valence-corrected chi connectivity index (χ1v) is 8.66. The van der Waals surface area contributed by atoms with E-state index in [9.17, 15) is 0 Å². The van der Waals surface area contributed by atoms with Crippen molar-refractivity contribution in [2.24, 2.45) is 0 Å². The third kappa shape index (κ3) is 3.26. The van der Waals surface area contributed by atoms with E-state index in [-0.39, 0.29) is 0 Å². The average Bonchev–Trinajstić information content (AvgIpc) is 3.17. The Morgan fingerprint density at radius 3 is 2.79 bits per heavy atom. The summed E-state index contributed by atoms with van der Waals surface area (Å²) in [6, 6.07) is 14.2. The van der Waals surface area contributed by atoms with Crippen LogP contribution in [0.4, 0.5) is 0 Å². The maximum absolute atomic E-state index is 5.92. The molecule has 0 bridgehead atoms. The number of nitrogens with one attached hydrogen (secondary N) is 1. The Labute approximate surface area is 141 Å². The summed E-state index contributed by atoms with van der Waals surface area (Å²) in [5.74, 6) is 4.00. The van der Waals surface area contributed by atoms with Crippen LogP contribution in [0.5, 0.6) is 0 Å². The van der Waals surface area contributed by atoms with E-state index >= 15 is 0 Å². The Bertz CT molecular complexity index is 791. The van der Waals surface area contributed by atoms with Crippen molar-refractivity contribution >= 4 is 0 Å². The van der Waals surface area contributed by atoms with Gasteiger partial charge < -0.3 is 14.3 Å². The molecule has 1 aliphatic heterocycles. The van der Waals surface area contributed by atoms with Crippen LogP contribution in [0.3, 0.4) is 0 Å². The molecule has 0 fully saturated rings. The van der Waals surface area contributed by atoms with Gasteiger partial charge in [0, 0.05) is 18.5 Å². The van der Waals surface area contributed by atoms with Gasteiger partial charge in [0.1, 0.15) is 23.2 Å². The summed E-state index contributed by atoms with van der Waals surface area (Å²) < 4.78 is 8.19. The summed E-state index contributed by atoms with van der Waals surface area (Å²) in [4.78, 5) is 0. The van der Waals surface area contributed by atoms with Crippen molar-refractivity contribution in [2.45, 2.75) is 45.3 Å². The van der Waals surface area contributed by atoms with Crippen LogP contribution in [0.2, 0.25) is 0 Å². The highest BCUT2D eigenvalue weighted by molar-refractivity contribution is 5.57. The van der Waals surface area contributed by atoms with Gasteiger partial charge in [0.05, 0.1) is 13.1 Å². The van der Waals surface area contributed by atoms with Crippen molar-refractivity contribution in [3.8, 4) is 11.3 Å². The molecule has 0 saturated heterocycles. The van der Waals surface area contributed by atoms with E-state index in [1.54, 1.807) is 0 Å². The molecule has 4 rings (SSSR count). The second-order valence-corrected chi connectivity index (χ2v) is 6.23. The first-order chi connectivity index (χ1) is 11.9. The Balaban J connectivity index is 1.37. The van der Waals surface area contributed by atoms with Crippen LogP contribution in [0, 0.1) is 0 Å². The van der Waals surface area contributed by atoms with Crippen LogP contribution in [0.1, 0.15) is 36.7 Å². The molecule has 0 radical (unpaired) electrons. The van der Waals surface area contributed by atoms with Gasteiger partial charge in [-0.05, 0) is 25.0 Å². The maximum Gasteiger partial charge on any atom is 0.147 e. The maximum atomic E-state index is 5.92. The van der Waals surface area contributed by atoms with Gasteiger partial charge in [0.25, 0.3) is 0 Å². The molecule has 0 amide bonds. The van der Waals surface area contributed by atoms with Crippen LogP contribution in [-0.2, 0) is 26.1 Å². The number of aryl methyl sites for hydroxylation is 1. The predicted octanol–water partition coefficient (Wildman–Crippen LogP) is 3.55. The third-order valence-corrected chi connectivity index (χ3v) is 4.49. The van der Waals surface area contributed by atoms with Gasteiger partial charge in [-0.3, -0.25) is 0 Å².